The second-order valence-electron chi connectivity index (χ2n) is 12.1. The van der Waals surface area contributed by atoms with Gasteiger partial charge in [0.2, 0.25) is 0 Å². The lowest BCUT2D eigenvalue weighted by Crippen LogP contribution is -2.44. The number of aliphatic hydroxyl groups excluding tert-OH is 1. The molecule has 226 valence electrons. The Kier molecular flexibility index (Phi) is 7.43. The van der Waals surface area contributed by atoms with Crippen molar-refractivity contribution >= 4 is 29.0 Å². The number of aryl methyl sites for hydroxylation is 1. The van der Waals surface area contributed by atoms with Crippen molar-refractivity contribution in [1.82, 2.24) is 14.5 Å². The maximum absolute atomic E-state index is 15.2. The molecule has 0 radical (unpaired) electrons. The van der Waals surface area contributed by atoms with Gasteiger partial charge in [-0.05, 0) is 78.9 Å². The molecule has 8 nitrogen and oxygen atoms in total. The van der Waals surface area contributed by atoms with Crippen LogP contribution in [-0.4, -0.2) is 52.8 Å². The maximum Gasteiger partial charge on any atom is 0.274 e. The highest BCUT2D eigenvalue weighted by atomic mass is 19.1. The third-order valence-electron chi connectivity index (χ3n) is 9.06. The molecule has 1 saturated carbocycles. The van der Waals surface area contributed by atoms with Gasteiger partial charge in [0.1, 0.15) is 17.3 Å². The molecule has 9 heteroatoms. The topological polar surface area (TPSA) is 76.9 Å². The van der Waals surface area contributed by atoms with Crippen LogP contribution in [0.3, 0.4) is 0 Å². The summed E-state index contributed by atoms with van der Waals surface area (Å²) in [7, 11) is 3.85. The molecule has 44 heavy (non-hydrogen) atoms. The average Bonchev–Trinajstić information content (AvgIpc) is 3.89. The summed E-state index contributed by atoms with van der Waals surface area (Å²) in [4.78, 5) is 24.3. The molecule has 2 aromatic carbocycles. The molecule has 0 unspecified atom stereocenters. The number of likely N-dealkylation sites (N-methyl/N-ethyl adjacent to an activating group) is 1. The van der Waals surface area contributed by atoms with E-state index in [2.05, 4.69) is 33.2 Å². The van der Waals surface area contributed by atoms with Crippen molar-refractivity contribution < 1.29 is 9.50 Å². The Morgan fingerprint density at radius 2 is 1.86 bits per heavy atom. The summed E-state index contributed by atoms with van der Waals surface area (Å²) in [6, 6.07) is 15.3. The van der Waals surface area contributed by atoms with Crippen molar-refractivity contribution in [1.29, 1.82) is 0 Å². The van der Waals surface area contributed by atoms with E-state index in [4.69, 9.17) is 0 Å². The van der Waals surface area contributed by atoms with Crippen LogP contribution in [0.5, 0.6) is 0 Å². The fourth-order valence-corrected chi connectivity index (χ4v) is 6.28. The van der Waals surface area contributed by atoms with E-state index in [9.17, 15) is 9.90 Å². The summed E-state index contributed by atoms with van der Waals surface area (Å²) >= 11 is 0. The number of fused-ring (bicyclic) bond motifs is 1. The Bertz CT molecular complexity index is 1790. The number of aromatic nitrogens is 2. The summed E-state index contributed by atoms with van der Waals surface area (Å²) < 4.78 is 16.7. The number of hydrogen-bond donors (Lipinski definition) is 2. The van der Waals surface area contributed by atoms with E-state index < -0.39 is 0 Å². The van der Waals surface area contributed by atoms with Gasteiger partial charge in [0.15, 0.2) is 0 Å². The number of benzene rings is 2. The zero-order valence-corrected chi connectivity index (χ0v) is 25.1. The van der Waals surface area contributed by atoms with Crippen molar-refractivity contribution in [3.63, 3.8) is 0 Å². The van der Waals surface area contributed by atoms with Gasteiger partial charge in [0, 0.05) is 68.0 Å². The molecular formula is C35H37FN6O2. The molecule has 1 saturated heterocycles. The van der Waals surface area contributed by atoms with E-state index in [-0.39, 0.29) is 18.0 Å². The van der Waals surface area contributed by atoms with Crippen LogP contribution in [0.1, 0.15) is 41.0 Å². The first-order valence-electron chi connectivity index (χ1n) is 15.3. The molecule has 7 rings (SSSR count). The maximum atomic E-state index is 15.2. The SMILES string of the molecule is CN1CCN(c2ccc(Nc3cc(-c4cccc(N5C=Cc6cc(C7CC7)cc(F)c6C5)c4CO)cn(C)c3=O)nc2)CC1. The van der Waals surface area contributed by atoms with Gasteiger partial charge in [0.25, 0.3) is 5.56 Å². The Labute approximate surface area is 256 Å². The van der Waals surface area contributed by atoms with E-state index in [0.717, 1.165) is 72.6 Å². The number of rotatable bonds is 7. The highest BCUT2D eigenvalue weighted by Crippen LogP contribution is 2.42. The van der Waals surface area contributed by atoms with Gasteiger partial charge >= 0.3 is 0 Å². The number of anilines is 4. The Hall–Kier alpha value is -4.47. The van der Waals surface area contributed by atoms with Crippen LogP contribution >= 0.6 is 0 Å². The first kappa shape index (κ1) is 28.3. The minimum absolute atomic E-state index is 0.181. The molecule has 3 aliphatic rings. The van der Waals surface area contributed by atoms with Crippen LogP contribution in [0.4, 0.5) is 27.3 Å². The molecule has 4 aromatic rings. The molecule has 1 aliphatic carbocycles. The lowest BCUT2D eigenvalue weighted by molar-refractivity contribution is 0.282. The van der Waals surface area contributed by atoms with Gasteiger partial charge in [-0.2, -0.15) is 0 Å². The third kappa shape index (κ3) is 5.49. The van der Waals surface area contributed by atoms with Gasteiger partial charge in [-0.1, -0.05) is 18.2 Å². The third-order valence-corrected chi connectivity index (χ3v) is 9.06. The molecule has 0 bridgehead atoms. The standard InChI is InChI=1S/C35H37FN6O2/c1-39-12-14-41(15-13-39)27-8-9-34(37-19-27)38-32-18-26(20-40(2)35(32)44)28-4-3-5-33(30(28)22-43)42-11-10-24-16-25(23-6-7-23)17-31(36)29(24)21-42/h3-5,8-11,16-20,23,43H,6-7,12-15,21-22H2,1-2H3,(H,37,38). The quantitative estimate of drug-likeness (QED) is 0.296. The fraction of sp³-hybridized carbons (Fsp3) is 0.314. The second kappa shape index (κ2) is 11.6. The molecule has 2 N–H and O–H groups in total. The number of nitrogens with zero attached hydrogens (tertiary/aromatic N) is 5. The van der Waals surface area contributed by atoms with Gasteiger partial charge in [-0.15, -0.1) is 0 Å². The van der Waals surface area contributed by atoms with Crippen LogP contribution in [0, 0.1) is 5.82 Å². The molecule has 2 aromatic heterocycles. The van der Waals surface area contributed by atoms with E-state index in [0.29, 0.717) is 35.1 Å². The highest BCUT2D eigenvalue weighted by Gasteiger charge is 2.27. The number of pyridine rings is 2. The van der Waals surface area contributed by atoms with Gasteiger partial charge in [0.05, 0.1) is 25.0 Å². The molecular weight excluding hydrogens is 555 g/mol. The van der Waals surface area contributed by atoms with E-state index in [1.165, 1.54) is 4.57 Å². The van der Waals surface area contributed by atoms with E-state index in [1.807, 2.05) is 53.7 Å². The average molecular weight is 593 g/mol. The van der Waals surface area contributed by atoms with Crippen molar-refractivity contribution in [2.45, 2.75) is 31.9 Å². The van der Waals surface area contributed by atoms with Gasteiger partial charge in [-0.25, -0.2) is 9.37 Å². The first-order valence-corrected chi connectivity index (χ1v) is 15.3. The zero-order valence-electron chi connectivity index (χ0n) is 25.1. The second-order valence-corrected chi connectivity index (χ2v) is 12.1. The van der Waals surface area contributed by atoms with Crippen LogP contribution < -0.4 is 20.7 Å². The molecule has 0 spiro atoms. The lowest BCUT2D eigenvalue weighted by atomic mass is 9.96. The summed E-state index contributed by atoms with van der Waals surface area (Å²) in [5.74, 6) is 0.883. The van der Waals surface area contributed by atoms with Crippen LogP contribution in [0.2, 0.25) is 0 Å². The Balaban J connectivity index is 1.16. The predicted molar refractivity (Wildman–Crippen MR) is 174 cm³/mol. The fourth-order valence-electron chi connectivity index (χ4n) is 6.28. The molecule has 0 atom stereocenters. The molecule has 4 heterocycles. The van der Waals surface area contributed by atoms with E-state index in [1.54, 1.807) is 25.4 Å². The Morgan fingerprint density at radius 3 is 2.59 bits per heavy atom. The van der Waals surface area contributed by atoms with Crippen molar-refractivity contribution in [2.75, 3.05) is 48.3 Å². The number of piperazine rings is 1. The van der Waals surface area contributed by atoms with Crippen molar-refractivity contribution in [2.24, 2.45) is 7.05 Å². The summed E-state index contributed by atoms with van der Waals surface area (Å²) in [5, 5.41) is 13.8. The summed E-state index contributed by atoms with van der Waals surface area (Å²) in [6.45, 7) is 4.09. The number of halogens is 1. The molecule has 2 fully saturated rings. The van der Waals surface area contributed by atoms with Crippen LogP contribution in [0.15, 0.2) is 71.9 Å². The van der Waals surface area contributed by atoms with E-state index >= 15 is 4.39 Å². The monoisotopic (exact) mass is 592 g/mol. The van der Waals surface area contributed by atoms with Crippen molar-refractivity contribution in [3.8, 4) is 11.1 Å². The minimum atomic E-state index is -0.216. The van der Waals surface area contributed by atoms with Crippen LogP contribution in [-0.2, 0) is 20.2 Å². The normalized spacial score (nSPS) is 16.7. The van der Waals surface area contributed by atoms with Gasteiger partial charge < -0.3 is 29.7 Å². The summed E-state index contributed by atoms with van der Waals surface area (Å²) in [5.41, 5.74) is 7.00. The smallest absolute Gasteiger partial charge is 0.274 e. The van der Waals surface area contributed by atoms with Crippen LogP contribution in [0.25, 0.3) is 17.2 Å². The Morgan fingerprint density at radius 1 is 1.05 bits per heavy atom. The molecule has 0 amide bonds. The summed E-state index contributed by atoms with van der Waals surface area (Å²) in [6.07, 6.45) is 9.79. The number of hydrogen-bond acceptors (Lipinski definition) is 7. The number of nitrogens with one attached hydrogen (secondary N) is 1. The lowest BCUT2D eigenvalue weighted by Gasteiger charge is -2.33. The molecule has 2 aliphatic heterocycles. The highest BCUT2D eigenvalue weighted by molar-refractivity contribution is 5.78. The first-order chi connectivity index (χ1) is 21.4. The van der Waals surface area contributed by atoms with Crippen molar-refractivity contribution in [3.05, 3.63) is 106 Å². The van der Waals surface area contributed by atoms with Gasteiger partial charge in [-0.3, -0.25) is 4.79 Å². The zero-order chi connectivity index (χ0) is 30.4. The largest absolute Gasteiger partial charge is 0.392 e. The number of aliphatic hydroxyl groups is 1. The predicted octanol–water partition coefficient (Wildman–Crippen LogP) is 5.44. The minimum Gasteiger partial charge on any atom is -0.392 e.